The molecule has 2 aromatic rings. The number of rotatable bonds is 6. The number of nitrogens with zero attached hydrogens (tertiary/aromatic N) is 1. The van der Waals surface area contributed by atoms with Crippen molar-refractivity contribution in [1.82, 2.24) is 5.32 Å². The maximum Gasteiger partial charge on any atom is 0.405 e. The first-order chi connectivity index (χ1) is 12.9. The fourth-order valence-electron chi connectivity index (χ4n) is 2.02. The van der Waals surface area contributed by atoms with Crippen molar-refractivity contribution in [2.75, 3.05) is 11.3 Å². The first kappa shape index (κ1) is 21.4. The Morgan fingerprint density at radius 3 is 2.46 bits per heavy atom. The molecule has 0 aromatic heterocycles. The number of carbonyl (C=O) groups excluding carboxylic acids is 1. The van der Waals surface area contributed by atoms with E-state index in [1.54, 1.807) is 5.32 Å². The largest absolute Gasteiger partial charge is 0.405 e. The lowest BCUT2D eigenvalue weighted by molar-refractivity contribution is -0.384. The molecule has 28 heavy (non-hydrogen) atoms. The van der Waals surface area contributed by atoms with Crippen molar-refractivity contribution in [2.24, 2.45) is 0 Å². The Morgan fingerprint density at radius 2 is 1.86 bits per heavy atom. The number of nitro benzene ring substituents is 1. The van der Waals surface area contributed by atoms with Crippen LogP contribution in [0.3, 0.4) is 0 Å². The Bertz CT molecular complexity index is 1030. The van der Waals surface area contributed by atoms with E-state index in [2.05, 4.69) is 4.72 Å². The Morgan fingerprint density at radius 1 is 1.18 bits per heavy atom. The summed E-state index contributed by atoms with van der Waals surface area (Å²) < 4.78 is 63.5. The molecule has 0 aliphatic rings. The van der Waals surface area contributed by atoms with E-state index in [9.17, 15) is 36.5 Å². The number of carbonyl (C=O) groups is 1. The molecule has 1 amide bonds. The van der Waals surface area contributed by atoms with E-state index in [0.717, 1.165) is 30.3 Å². The molecule has 0 fully saturated rings. The van der Waals surface area contributed by atoms with Crippen LogP contribution in [0.4, 0.5) is 24.5 Å². The van der Waals surface area contributed by atoms with Gasteiger partial charge in [-0.05, 0) is 30.3 Å². The van der Waals surface area contributed by atoms with Crippen LogP contribution in [0.1, 0.15) is 10.4 Å². The quantitative estimate of drug-likeness (QED) is 0.530. The van der Waals surface area contributed by atoms with Crippen LogP contribution in [0.15, 0.2) is 47.4 Å². The van der Waals surface area contributed by atoms with Gasteiger partial charge in [0.05, 0.1) is 15.5 Å². The summed E-state index contributed by atoms with van der Waals surface area (Å²) in [5.74, 6) is -1.11. The highest BCUT2D eigenvalue weighted by Gasteiger charge is 2.28. The standard InChI is InChI=1S/C15H11ClF3N3O5S/c16-12-5-4-10(7-13(12)22(24)25)21-28(26,27)11-3-1-2-9(6-11)14(23)20-8-15(17,18)19/h1-7,21H,8H2,(H,20,23). The van der Waals surface area contributed by atoms with E-state index < -0.39 is 44.2 Å². The second kappa shape index (κ2) is 8.02. The number of nitrogens with one attached hydrogen (secondary N) is 2. The zero-order chi connectivity index (χ0) is 21.1. The fraction of sp³-hybridized carbons (Fsp3) is 0.133. The van der Waals surface area contributed by atoms with Crippen molar-refractivity contribution in [3.8, 4) is 0 Å². The van der Waals surface area contributed by atoms with E-state index in [1.165, 1.54) is 12.1 Å². The molecule has 2 aromatic carbocycles. The van der Waals surface area contributed by atoms with Gasteiger partial charge < -0.3 is 5.32 Å². The van der Waals surface area contributed by atoms with Gasteiger partial charge in [0.1, 0.15) is 11.6 Å². The van der Waals surface area contributed by atoms with Crippen LogP contribution in [0, 0.1) is 10.1 Å². The van der Waals surface area contributed by atoms with Crippen molar-refractivity contribution in [3.05, 3.63) is 63.2 Å². The smallest absolute Gasteiger partial charge is 0.343 e. The summed E-state index contributed by atoms with van der Waals surface area (Å²) in [5, 5.41) is 12.3. The SMILES string of the molecule is O=C(NCC(F)(F)F)c1cccc(S(=O)(=O)Nc2ccc(Cl)c([N+](=O)[O-])c2)c1. The average Bonchev–Trinajstić information content (AvgIpc) is 2.60. The van der Waals surface area contributed by atoms with Gasteiger partial charge in [-0.2, -0.15) is 13.2 Å². The first-order valence-corrected chi connectivity index (χ1v) is 9.17. The molecule has 13 heteroatoms. The molecule has 0 aliphatic heterocycles. The number of halogens is 4. The van der Waals surface area contributed by atoms with Gasteiger partial charge in [-0.15, -0.1) is 0 Å². The second-order valence-corrected chi connectivity index (χ2v) is 7.44. The van der Waals surface area contributed by atoms with Gasteiger partial charge in [-0.1, -0.05) is 17.7 Å². The molecule has 8 nitrogen and oxygen atoms in total. The van der Waals surface area contributed by atoms with Gasteiger partial charge in [0.2, 0.25) is 0 Å². The normalized spacial score (nSPS) is 11.7. The monoisotopic (exact) mass is 437 g/mol. The number of benzene rings is 2. The van der Waals surface area contributed by atoms with E-state index in [-0.39, 0.29) is 16.3 Å². The molecule has 0 radical (unpaired) electrons. The molecule has 0 unspecified atom stereocenters. The molecule has 150 valence electrons. The number of amides is 1. The zero-order valence-corrected chi connectivity index (χ0v) is 15.2. The van der Waals surface area contributed by atoms with Gasteiger partial charge in [0.15, 0.2) is 0 Å². The van der Waals surface area contributed by atoms with Crippen LogP contribution in [0.5, 0.6) is 0 Å². The lowest BCUT2D eigenvalue weighted by Gasteiger charge is -2.11. The number of hydrogen-bond donors (Lipinski definition) is 2. The third kappa shape index (κ3) is 5.57. The minimum atomic E-state index is -4.62. The first-order valence-electron chi connectivity index (χ1n) is 7.31. The van der Waals surface area contributed by atoms with E-state index in [4.69, 9.17) is 11.6 Å². The summed E-state index contributed by atoms with van der Waals surface area (Å²) in [5.41, 5.74) is -1.00. The maximum atomic E-state index is 12.4. The van der Waals surface area contributed by atoms with Crippen LogP contribution in [0.2, 0.25) is 5.02 Å². The average molecular weight is 438 g/mol. The zero-order valence-electron chi connectivity index (χ0n) is 13.7. The summed E-state index contributed by atoms with van der Waals surface area (Å²) in [6.45, 7) is -1.57. The van der Waals surface area contributed by atoms with E-state index >= 15 is 0 Å². The van der Waals surface area contributed by atoms with Crippen molar-refractivity contribution in [1.29, 1.82) is 0 Å². The van der Waals surface area contributed by atoms with Crippen LogP contribution >= 0.6 is 11.6 Å². The number of nitro groups is 1. The molecular formula is C15H11ClF3N3O5S. The molecule has 0 saturated carbocycles. The van der Waals surface area contributed by atoms with Gasteiger partial charge in [0, 0.05) is 11.6 Å². The summed E-state index contributed by atoms with van der Waals surface area (Å²) in [6.07, 6.45) is -4.62. The Hall–Kier alpha value is -2.86. The predicted octanol–water partition coefficient (Wildman–Crippen LogP) is 3.34. The highest BCUT2D eigenvalue weighted by Crippen LogP contribution is 2.28. The van der Waals surface area contributed by atoms with Gasteiger partial charge in [0.25, 0.3) is 21.6 Å². The number of sulfonamides is 1. The predicted molar refractivity (Wildman–Crippen MR) is 93.7 cm³/mol. The number of anilines is 1. The summed E-state index contributed by atoms with van der Waals surface area (Å²) in [7, 11) is -4.29. The molecule has 0 bridgehead atoms. The van der Waals surface area contributed by atoms with Gasteiger partial charge in [-0.3, -0.25) is 19.6 Å². The lowest BCUT2D eigenvalue weighted by atomic mass is 10.2. The molecule has 0 saturated heterocycles. The number of hydrogen-bond acceptors (Lipinski definition) is 5. The third-order valence-electron chi connectivity index (χ3n) is 3.25. The fourth-order valence-corrected chi connectivity index (χ4v) is 3.30. The molecular weight excluding hydrogens is 427 g/mol. The molecule has 0 spiro atoms. The third-order valence-corrected chi connectivity index (χ3v) is 4.95. The molecule has 0 heterocycles. The minimum Gasteiger partial charge on any atom is -0.343 e. The number of alkyl halides is 3. The summed E-state index contributed by atoms with van der Waals surface area (Å²) >= 11 is 5.65. The van der Waals surface area contributed by atoms with Crippen molar-refractivity contribution >= 4 is 38.9 Å². The van der Waals surface area contributed by atoms with E-state index in [1.807, 2.05) is 0 Å². The highest BCUT2D eigenvalue weighted by atomic mass is 35.5. The second-order valence-electron chi connectivity index (χ2n) is 5.35. The Balaban J connectivity index is 2.26. The topological polar surface area (TPSA) is 118 Å². The molecule has 2 rings (SSSR count). The lowest BCUT2D eigenvalue weighted by Crippen LogP contribution is -2.33. The van der Waals surface area contributed by atoms with Crippen molar-refractivity contribution in [3.63, 3.8) is 0 Å². The van der Waals surface area contributed by atoms with Crippen LogP contribution in [-0.2, 0) is 10.0 Å². The van der Waals surface area contributed by atoms with Gasteiger partial charge >= 0.3 is 6.18 Å². The van der Waals surface area contributed by atoms with Crippen LogP contribution in [-0.4, -0.2) is 32.0 Å². The Kier molecular flexibility index (Phi) is 6.14. The summed E-state index contributed by atoms with van der Waals surface area (Å²) in [4.78, 5) is 21.4. The highest BCUT2D eigenvalue weighted by molar-refractivity contribution is 7.92. The van der Waals surface area contributed by atoms with E-state index in [0.29, 0.717) is 0 Å². The minimum absolute atomic E-state index is 0.164. The maximum absolute atomic E-state index is 12.4. The molecule has 2 N–H and O–H groups in total. The molecule has 0 atom stereocenters. The van der Waals surface area contributed by atoms with Crippen molar-refractivity contribution < 1.29 is 31.3 Å². The van der Waals surface area contributed by atoms with Crippen LogP contribution < -0.4 is 10.0 Å². The molecule has 0 aliphatic carbocycles. The van der Waals surface area contributed by atoms with Gasteiger partial charge in [-0.25, -0.2) is 8.42 Å². The Labute approximate surface area is 161 Å². The summed E-state index contributed by atoms with van der Waals surface area (Å²) in [6, 6.07) is 7.50. The van der Waals surface area contributed by atoms with Crippen LogP contribution in [0.25, 0.3) is 0 Å². The van der Waals surface area contributed by atoms with Crippen molar-refractivity contribution in [2.45, 2.75) is 11.1 Å².